The summed E-state index contributed by atoms with van der Waals surface area (Å²) in [6, 6.07) is 0.190. The Morgan fingerprint density at radius 2 is 2.30 bits per heavy atom. The number of hydrogen-bond acceptors (Lipinski definition) is 2. The van der Waals surface area contributed by atoms with E-state index in [4.69, 9.17) is 0 Å². The van der Waals surface area contributed by atoms with Crippen molar-refractivity contribution < 1.29 is 4.79 Å². The van der Waals surface area contributed by atoms with Crippen molar-refractivity contribution in [3.8, 4) is 0 Å². The van der Waals surface area contributed by atoms with Gasteiger partial charge in [0.05, 0.1) is 6.04 Å². The van der Waals surface area contributed by atoms with Crippen LogP contribution in [0.2, 0.25) is 0 Å². The van der Waals surface area contributed by atoms with E-state index >= 15 is 0 Å². The number of ketones is 1. The predicted molar refractivity (Wildman–Crippen MR) is 49.0 cm³/mol. The van der Waals surface area contributed by atoms with Gasteiger partial charge >= 0.3 is 0 Å². The lowest BCUT2D eigenvalue weighted by atomic mass is 10.1. The Labute approximate surface area is 75.5 Å². The molecule has 0 N–H and O–H groups in total. The number of carbonyl (C=O) groups is 1. The van der Waals surface area contributed by atoms with Crippen LogP contribution in [0.25, 0.3) is 0 Å². The third-order valence-electron chi connectivity index (χ3n) is 1.92. The molecule has 2 nitrogen and oxygen atoms in total. The molecule has 0 spiro atoms. The fourth-order valence-electron chi connectivity index (χ4n) is 1.36. The zero-order valence-corrected chi connectivity index (χ0v) is 8.46. The van der Waals surface area contributed by atoms with Crippen LogP contribution in [-0.4, -0.2) is 21.5 Å². The number of halogens is 1. The molecule has 0 unspecified atom stereocenters. The number of Topliss-reactive ketones (excluding diaryl/α,β-unsaturated/α-hetero) is 1. The lowest BCUT2D eigenvalue weighted by Crippen LogP contribution is -2.26. The molecule has 0 radical (unpaired) electrons. The van der Waals surface area contributed by atoms with E-state index in [1.807, 2.05) is 0 Å². The minimum Gasteiger partial charge on any atom is -0.298 e. The van der Waals surface area contributed by atoms with Crippen LogP contribution >= 0.6 is 22.9 Å². The Bertz CT molecular complexity index is 149. The molecule has 1 aliphatic rings. The van der Waals surface area contributed by atoms with E-state index in [1.54, 1.807) is 6.92 Å². The van der Waals surface area contributed by atoms with E-state index in [2.05, 4.69) is 32.9 Å². The van der Waals surface area contributed by atoms with Gasteiger partial charge in [-0.15, -0.1) is 0 Å². The summed E-state index contributed by atoms with van der Waals surface area (Å²) in [4.78, 5) is 11.0. The van der Waals surface area contributed by atoms with Gasteiger partial charge in [-0.2, -0.15) is 0 Å². The summed E-state index contributed by atoms with van der Waals surface area (Å²) >= 11 is 2.24. The van der Waals surface area contributed by atoms with Crippen LogP contribution in [0.1, 0.15) is 20.3 Å². The topological polar surface area (TPSA) is 20.3 Å². The molecule has 10 heavy (non-hydrogen) atoms. The van der Waals surface area contributed by atoms with Gasteiger partial charge in [0.2, 0.25) is 0 Å². The summed E-state index contributed by atoms with van der Waals surface area (Å²) in [7, 11) is 0. The van der Waals surface area contributed by atoms with Gasteiger partial charge in [-0.05, 0) is 19.3 Å². The van der Waals surface area contributed by atoms with Gasteiger partial charge in [-0.1, -0.05) is 6.92 Å². The molecule has 2 atom stereocenters. The van der Waals surface area contributed by atoms with E-state index in [1.165, 1.54) is 0 Å². The van der Waals surface area contributed by atoms with E-state index in [-0.39, 0.29) is 6.04 Å². The highest BCUT2D eigenvalue weighted by molar-refractivity contribution is 14.1. The fraction of sp³-hybridized carbons (Fsp3) is 0.857. The number of rotatable bonds is 1. The first-order valence-corrected chi connectivity index (χ1v) is 4.50. The highest BCUT2D eigenvalue weighted by Crippen LogP contribution is 2.26. The molecule has 0 amide bonds. The van der Waals surface area contributed by atoms with Crippen molar-refractivity contribution in [1.82, 2.24) is 3.11 Å². The summed E-state index contributed by atoms with van der Waals surface area (Å²) < 4.78 is 2.12. The van der Waals surface area contributed by atoms with Crippen molar-refractivity contribution in [3.63, 3.8) is 0 Å². The maximum Gasteiger partial charge on any atom is 0.147 e. The zero-order chi connectivity index (χ0) is 7.72. The SMILES string of the molecule is CC(=O)[C@@H]1C[C@H](C)CN1I. The van der Waals surface area contributed by atoms with Gasteiger partial charge in [0.15, 0.2) is 0 Å². The van der Waals surface area contributed by atoms with Crippen molar-refractivity contribution in [1.29, 1.82) is 0 Å². The fourth-order valence-corrected chi connectivity index (χ4v) is 2.65. The van der Waals surface area contributed by atoms with Crippen LogP contribution in [0.4, 0.5) is 0 Å². The molecule has 3 heteroatoms. The van der Waals surface area contributed by atoms with Gasteiger partial charge in [-0.3, -0.25) is 4.79 Å². The summed E-state index contributed by atoms with van der Waals surface area (Å²) in [6.45, 7) is 4.92. The molecule has 1 aliphatic heterocycles. The molecular weight excluding hydrogens is 241 g/mol. The average Bonchev–Trinajstić information content (AvgIpc) is 2.10. The first kappa shape index (κ1) is 8.46. The highest BCUT2D eigenvalue weighted by atomic mass is 127. The monoisotopic (exact) mass is 253 g/mol. The predicted octanol–water partition coefficient (Wildman–Crippen LogP) is 1.64. The molecule has 0 aromatic carbocycles. The van der Waals surface area contributed by atoms with Gasteiger partial charge in [0.25, 0.3) is 0 Å². The quantitative estimate of drug-likeness (QED) is 0.523. The molecule has 0 aromatic rings. The Kier molecular flexibility index (Phi) is 2.68. The Morgan fingerprint density at radius 1 is 1.70 bits per heavy atom. The van der Waals surface area contributed by atoms with Gasteiger partial charge in [-0.25, -0.2) is 3.11 Å². The third kappa shape index (κ3) is 1.69. The normalized spacial score (nSPS) is 34.7. The van der Waals surface area contributed by atoms with Crippen LogP contribution < -0.4 is 0 Å². The summed E-state index contributed by atoms with van der Waals surface area (Å²) in [5.41, 5.74) is 0. The standard InChI is InChI=1S/C7H12INO/c1-5-3-7(6(2)10)9(8)4-5/h5,7H,3-4H2,1-2H3/t5-,7-/m0/s1. The van der Waals surface area contributed by atoms with Crippen molar-refractivity contribution in [3.05, 3.63) is 0 Å². The second-order valence-electron chi connectivity index (χ2n) is 3.05. The van der Waals surface area contributed by atoms with Gasteiger partial charge < -0.3 is 0 Å². The maximum atomic E-state index is 11.0. The van der Waals surface area contributed by atoms with Crippen LogP contribution in [-0.2, 0) is 4.79 Å². The molecule has 0 saturated carbocycles. The minimum atomic E-state index is 0.190. The summed E-state index contributed by atoms with van der Waals surface area (Å²) in [5, 5.41) is 0. The molecule has 58 valence electrons. The second kappa shape index (κ2) is 3.17. The smallest absolute Gasteiger partial charge is 0.147 e. The Morgan fingerprint density at radius 3 is 2.50 bits per heavy atom. The number of nitrogens with zero attached hydrogens (tertiary/aromatic N) is 1. The number of carbonyl (C=O) groups excluding carboxylic acids is 1. The molecule has 0 aromatic heterocycles. The van der Waals surface area contributed by atoms with Crippen LogP contribution in [0.15, 0.2) is 0 Å². The average molecular weight is 253 g/mol. The lowest BCUT2D eigenvalue weighted by Gasteiger charge is -2.12. The lowest BCUT2D eigenvalue weighted by molar-refractivity contribution is -0.119. The van der Waals surface area contributed by atoms with Crippen LogP contribution in [0.3, 0.4) is 0 Å². The van der Waals surface area contributed by atoms with Crippen LogP contribution in [0, 0.1) is 5.92 Å². The van der Waals surface area contributed by atoms with Crippen molar-refractivity contribution in [2.45, 2.75) is 26.3 Å². The van der Waals surface area contributed by atoms with E-state index in [9.17, 15) is 4.79 Å². The van der Waals surface area contributed by atoms with Crippen LogP contribution in [0.5, 0.6) is 0 Å². The van der Waals surface area contributed by atoms with E-state index < -0.39 is 0 Å². The molecular formula is C7H12INO. The molecule has 1 fully saturated rings. The highest BCUT2D eigenvalue weighted by Gasteiger charge is 2.30. The molecule has 0 aliphatic carbocycles. The molecule has 1 rings (SSSR count). The first-order valence-electron chi connectivity index (χ1n) is 3.54. The second-order valence-corrected chi connectivity index (χ2v) is 4.29. The molecule has 1 heterocycles. The third-order valence-corrected chi connectivity index (χ3v) is 2.99. The van der Waals surface area contributed by atoms with E-state index in [0.29, 0.717) is 11.7 Å². The first-order chi connectivity index (χ1) is 4.61. The summed E-state index contributed by atoms with van der Waals surface area (Å²) in [5.74, 6) is 0.990. The van der Waals surface area contributed by atoms with Crippen molar-refractivity contribution >= 4 is 28.6 Å². The molecule has 0 bridgehead atoms. The van der Waals surface area contributed by atoms with Gasteiger partial charge in [0.1, 0.15) is 5.78 Å². The maximum absolute atomic E-state index is 11.0. The minimum absolute atomic E-state index is 0.190. The van der Waals surface area contributed by atoms with E-state index in [0.717, 1.165) is 13.0 Å². The van der Waals surface area contributed by atoms with Gasteiger partial charge in [0, 0.05) is 29.4 Å². The number of hydrogen-bond donors (Lipinski definition) is 0. The Balaban J connectivity index is 2.54. The zero-order valence-electron chi connectivity index (χ0n) is 6.30. The Hall–Kier alpha value is 0.360. The van der Waals surface area contributed by atoms with Crippen molar-refractivity contribution in [2.24, 2.45) is 5.92 Å². The molecule has 1 saturated heterocycles. The summed E-state index contributed by atoms with van der Waals surface area (Å²) in [6.07, 6.45) is 1.04. The largest absolute Gasteiger partial charge is 0.298 e. The van der Waals surface area contributed by atoms with Crippen molar-refractivity contribution in [2.75, 3.05) is 6.54 Å².